The van der Waals surface area contributed by atoms with Crippen molar-refractivity contribution >= 4 is 6.09 Å². The first kappa shape index (κ1) is 18.6. The SMILES string of the molecule is CC(CC1CCC1)NC(CNC(=O)OC(C)(C)C)C1CCCC1. The summed E-state index contributed by atoms with van der Waals surface area (Å²) in [5, 5.41) is 6.79. The predicted molar refractivity (Wildman–Crippen MR) is 94.5 cm³/mol. The fourth-order valence-electron chi connectivity index (χ4n) is 3.89. The molecule has 0 bridgehead atoms. The maximum absolute atomic E-state index is 11.9. The molecular weight excluding hydrogens is 288 g/mol. The molecule has 0 saturated heterocycles. The smallest absolute Gasteiger partial charge is 0.407 e. The summed E-state index contributed by atoms with van der Waals surface area (Å²) in [6.07, 6.45) is 10.4. The first-order valence-electron chi connectivity index (χ1n) is 9.56. The fourth-order valence-corrected chi connectivity index (χ4v) is 3.89. The molecule has 0 aromatic rings. The zero-order valence-electron chi connectivity index (χ0n) is 15.5. The molecule has 2 unspecified atom stereocenters. The molecule has 0 spiro atoms. The van der Waals surface area contributed by atoms with Gasteiger partial charge in [-0.25, -0.2) is 4.79 Å². The van der Waals surface area contributed by atoms with Crippen molar-refractivity contribution in [3.8, 4) is 0 Å². The van der Waals surface area contributed by atoms with E-state index in [0.717, 1.165) is 5.92 Å². The minimum Gasteiger partial charge on any atom is -0.444 e. The van der Waals surface area contributed by atoms with E-state index in [1.165, 1.54) is 51.4 Å². The quantitative estimate of drug-likeness (QED) is 0.736. The molecule has 0 aromatic carbocycles. The first-order valence-corrected chi connectivity index (χ1v) is 9.56. The molecule has 2 atom stereocenters. The third kappa shape index (κ3) is 6.70. The van der Waals surface area contributed by atoms with Crippen LogP contribution in [0.3, 0.4) is 0 Å². The second kappa shape index (κ2) is 8.36. The summed E-state index contributed by atoms with van der Waals surface area (Å²) < 4.78 is 5.37. The molecule has 2 rings (SSSR count). The standard InChI is InChI=1S/C19H36N2O2/c1-14(12-15-8-7-9-15)21-17(16-10-5-6-11-16)13-20-18(22)23-19(2,3)4/h14-17,21H,5-13H2,1-4H3,(H,20,22). The van der Waals surface area contributed by atoms with Crippen LogP contribution < -0.4 is 10.6 Å². The van der Waals surface area contributed by atoms with Crippen LogP contribution in [0.25, 0.3) is 0 Å². The predicted octanol–water partition coefficient (Wildman–Crippen LogP) is 4.24. The van der Waals surface area contributed by atoms with E-state index >= 15 is 0 Å². The van der Waals surface area contributed by atoms with Gasteiger partial charge in [0.05, 0.1) is 0 Å². The molecule has 23 heavy (non-hydrogen) atoms. The lowest BCUT2D eigenvalue weighted by Crippen LogP contribution is -2.49. The van der Waals surface area contributed by atoms with Crippen LogP contribution >= 0.6 is 0 Å². The molecule has 2 aliphatic carbocycles. The van der Waals surface area contributed by atoms with E-state index in [9.17, 15) is 4.79 Å². The molecule has 2 aliphatic rings. The monoisotopic (exact) mass is 324 g/mol. The number of amides is 1. The van der Waals surface area contributed by atoms with E-state index in [-0.39, 0.29) is 6.09 Å². The average Bonchev–Trinajstić information content (AvgIpc) is 2.90. The van der Waals surface area contributed by atoms with Crippen LogP contribution in [0.15, 0.2) is 0 Å². The van der Waals surface area contributed by atoms with Crippen LogP contribution in [0.5, 0.6) is 0 Å². The van der Waals surface area contributed by atoms with Crippen LogP contribution in [0, 0.1) is 11.8 Å². The van der Waals surface area contributed by atoms with Gasteiger partial charge < -0.3 is 15.4 Å². The molecule has 0 aromatic heterocycles. The van der Waals surface area contributed by atoms with Crippen molar-refractivity contribution in [1.82, 2.24) is 10.6 Å². The van der Waals surface area contributed by atoms with Gasteiger partial charge >= 0.3 is 6.09 Å². The highest BCUT2D eigenvalue weighted by atomic mass is 16.6. The molecule has 1 amide bonds. The van der Waals surface area contributed by atoms with Crippen LogP contribution in [0.2, 0.25) is 0 Å². The zero-order valence-corrected chi connectivity index (χ0v) is 15.5. The molecule has 0 radical (unpaired) electrons. The molecule has 4 nitrogen and oxygen atoms in total. The van der Waals surface area contributed by atoms with Gasteiger partial charge in [-0.3, -0.25) is 0 Å². The van der Waals surface area contributed by atoms with Crippen LogP contribution in [0.1, 0.15) is 79.1 Å². The highest BCUT2D eigenvalue weighted by molar-refractivity contribution is 5.67. The molecule has 2 saturated carbocycles. The summed E-state index contributed by atoms with van der Waals surface area (Å²) in [5.41, 5.74) is -0.433. The van der Waals surface area contributed by atoms with Gasteiger partial charge in [-0.1, -0.05) is 32.1 Å². The van der Waals surface area contributed by atoms with Crippen molar-refractivity contribution in [3.05, 3.63) is 0 Å². The Morgan fingerprint density at radius 2 is 1.78 bits per heavy atom. The average molecular weight is 325 g/mol. The van der Waals surface area contributed by atoms with Gasteiger partial charge in [0, 0.05) is 18.6 Å². The summed E-state index contributed by atoms with van der Waals surface area (Å²) in [5.74, 6) is 1.61. The molecule has 4 heteroatoms. The second-order valence-corrected chi connectivity index (χ2v) is 8.63. The van der Waals surface area contributed by atoms with Gasteiger partial charge in [0.2, 0.25) is 0 Å². The fraction of sp³-hybridized carbons (Fsp3) is 0.947. The Morgan fingerprint density at radius 1 is 1.13 bits per heavy atom. The third-order valence-electron chi connectivity index (χ3n) is 5.24. The van der Waals surface area contributed by atoms with E-state index < -0.39 is 5.60 Å². The van der Waals surface area contributed by atoms with Crippen molar-refractivity contribution in [2.45, 2.75) is 96.7 Å². The van der Waals surface area contributed by atoms with Crippen LogP contribution in [-0.2, 0) is 4.74 Å². The lowest BCUT2D eigenvalue weighted by Gasteiger charge is -2.33. The van der Waals surface area contributed by atoms with E-state index in [2.05, 4.69) is 17.6 Å². The van der Waals surface area contributed by atoms with Crippen LogP contribution in [-0.4, -0.2) is 30.3 Å². The number of hydrogen-bond donors (Lipinski definition) is 2. The van der Waals surface area contributed by atoms with Gasteiger partial charge in [0.15, 0.2) is 0 Å². The Labute approximate surface area is 142 Å². The maximum atomic E-state index is 11.9. The minimum absolute atomic E-state index is 0.297. The summed E-state index contributed by atoms with van der Waals surface area (Å²) in [6.45, 7) is 8.68. The van der Waals surface area contributed by atoms with E-state index in [1.54, 1.807) is 0 Å². The summed E-state index contributed by atoms with van der Waals surface area (Å²) in [4.78, 5) is 11.9. The maximum Gasteiger partial charge on any atom is 0.407 e. The second-order valence-electron chi connectivity index (χ2n) is 8.63. The summed E-state index contributed by atoms with van der Waals surface area (Å²) >= 11 is 0. The molecule has 134 valence electrons. The zero-order chi connectivity index (χ0) is 16.9. The number of rotatable bonds is 7. The van der Waals surface area contributed by atoms with E-state index in [4.69, 9.17) is 4.74 Å². The van der Waals surface area contributed by atoms with E-state index in [0.29, 0.717) is 24.5 Å². The van der Waals surface area contributed by atoms with Gasteiger partial charge in [-0.2, -0.15) is 0 Å². The highest BCUT2D eigenvalue weighted by Crippen LogP contribution is 2.31. The number of alkyl carbamates (subject to hydrolysis) is 1. The van der Waals surface area contributed by atoms with Crippen molar-refractivity contribution in [1.29, 1.82) is 0 Å². The Balaban J connectivity index is 1.80. The van der Waals surface area contributed by atoms with E-state index in [1.807, 2.05) is 20.8 Å². The molecule has 0 heterocycles. The Kier molecular flexibility index (Phi) is 6.75. The topological polar surface area (TPSA) is 50.4 Å². The minimum atomic E-state index is -0.433. The molecule has 0 aliphatic heterocycles. The van der Waals surface area contributed by atoms with Gasteiger partial charge in [-0.05, 0) is 58.8 Å². The van der Waals surface area contributed by atoms with Gasteiger partial charge in [0.1, 0.15) is 5.60 Å². The number of hydrogen-bond acceptors (Lipinski definition) is 3. The summed E-state index contributed by atoms with van der Waals surface area (Å²) in [6, 6.07) is 0.909. The lowest BCUT2D eigenvalue weighted by molar-refractivity contribution is 0.0516. The number of carbonyl (C=O) groups excluding carboxylic acids is 1. The van der Waals surface area contributed by atoms with Crippen molar-refractivity contribution < 1.29 is 9.53 Å². The first-order chi connectivity index (χ1) is 10.8. The molecular formula is C19H36N2O2. The Morgan fingerprint density at radius 3 is 2.30 bits per heavy atom. The molecule has 2 N–H and O–H groups in total. The van der Waals surface area contributed by atoms with Crippen molar-refractivity contribution in [2.75, 3.05) is 6.54 Å². The van der Waals surface area contributed by atoms with Gasteiger partial charge in [-0.15, -0.1) is 0 Å². The third-order valence-corrected chi connectivity index (χ3v) is 5.24. The largest absolute Gasteiger partial charge is 0.444 e. The van der Waals surface area contributed by atoms with Gasteiger partial charge in [0.25, 0.3) is 0 Å². The Bertz CT molecular complexity index is 368. The van der Waals surface area contributed by atoms with Crippen LogP contribution in [0.4, 0.5) is 4.79 Å². The van der Waals surface area contributed by atoms with Crippen molar-refractivity contribution in [3.63, 3.8) is 0 Å². The number of nitrogens with one attached hydrogen (secondary N) is 2. The normalized spacial score (nSPS) is 22.4. The summed E-state index contributed by atoms with van der Waals surface area (Å²) in [7, 11) is 0. The number of ether oxygens (including phenoxy) is 1. The lowest BCUT2D eigenvalue weighted by atomic mass is 9.81. The Hall–Kier alpha value is -0.770. The highest BCUT2D eigenvalue weighted by Gasteiger charge is 2.28. The van der Waals surface area contributed by atoms with Crippen molar-refractivity contribution in [2.24, 2.45) is 11.8 Å². The number of carbonyl (C=O) groups is 1. The molecule has 2 fully saturated rings.